The molecule has 0 aliphatic carbocycles. The predicted octanol–water partition coefficient (Wildman–Crippen LogP) is 2.95. The summed E-state index contributed by atoms with van der Waals surface area (Å²) < 4.78 is 0. The highest BCUT2D eigenvalue weighted by atomic mass is 32.2. The summed E-state index contributed by atoms with van der Waals surface area (Å²) in [6.07, 6.45) is 2.95. The van der Waals surface area contributed by atoms with Crippen molar-refractivity contribution < 1.29 is 0 Å². The molecule has 2 heterocycles. The number of aromatic nitrogens is 1. The zero-order valence-corrected chi connectivity index (χ0v) is 12.1. The minimum Gasteiger partial charge on any atom is -0.361 e. The lowest BCUT2D eigenvalue weighted by atomic mass is 10.1. The normalized spacial score (nSPS) is 20.6. The highest BCUT2D eigenvalue weighted by Crippen LogP contribution is 2.18. The molecule has 1 aliphatic rings. The molecular formula is C14H15N3S2. The monoisotopic (exact) mass is 289 g/mol. The zero-order chi connectivity index (χ0) is 12.9. The molecule has 3 nitrogen and oxygen atoms in total. The topological polar surface area (TPSA) is 37.3 Å². The second-order valence-corrected chi connectivity index (χ2v) is 6.41. The van der Waals surface area contributed by atoms with Crippen LogP contribution in [-0.2, 0) is 13.0 Å². The number of benzene rings is 1. The molecule has 3 rings (SSSR count). The summed E-state index contributed by atoms with van der Waals surface area (Å²) in [7, 11) is 0. The third kappa shape index (κ3) is 3.58. The number of aliphatic imine (C=N–C) groups is 1. The molecule has 0 spiro atoms. The van der Waals surface area contributed by atoms with Gasteiger partial charge in [0.25, 0.3) is 0 Å². The number of hydrogen-bond acceptors (Lipinski definition) is 4. The highest BCUT2D eigenvalue weighted by Gasteiger charge is 2.20. The summed E-state index contributed by atoms with van der Waals surface area (Å²) in [6, 6.07) is 11.1. The van der Waals surface area contributed by atoms with Gasteiger partial charge in [-0.3, -0.25) is 9.98 Å². The molecule has 5 heteroatoms. The van der Waals surface area contributed by atoms with Gasteiger partial charge in [0.15, 0.2) is 5.17 Å². The first-order chi connectivity index (χ1) is 9.40. The fraction of sp³-hybridized carbons (Fsp3) is 0.286. The second-order valence-electron chi connectivity index (χ2n) is 4.43. The molecule has 1 aromatic heterocycles. The van der Waals surface area contributed by atoms with Gasteiger partial charge in [-0.1, -0.05) is 42.1 Å². The number of nitrogens with zero attached hydrogens (tertiary/aromatic N) is 2. The lowest BCUT2D eigenvalue weighted by molar-refractivity contribution is 0.686. The lowest BCUT2D eigenvalue weighted by Gasteiger charge is -2.09. The van der Waals surface area contributed by atoms with Gasteiger partial charge in [-0.2, -0.15) is 0 Å². The van der Waals surface area contributed by atoms with Crippen molar-refractivity contribution in [1.82, 2.24) is 10.3 Å². The molecule has 1 saturated heterocycles. The molecule has 2 aromatic rings. The Morgan fingerprint density at radius 2 is 2.21 bits per heavy atom. The van der Waals surface area contributed by atoms with Gasteiger partial charge in [0.2, 0.25) is 0 Å². The van der Waals surface area contributed by atoms with Crippen LogP contribution in [0.3, 0.4) is 0 Å². The second kappa shape index (κ2) is 6.21. The van der Waals surface area contributed by atoms with E-state index >= 15 is 0 Å². The average molecular weight is 289 g/mol. The summed E-state index contributed by atoms with van der Waals surface area (Å²) >= 11 is 3.47. The number of thiazole rings is 1. The number of amidine groups is 1. The maximum absolute atomic E-state index is 4.60. The van der Waals surface area contributed by atoms with E-state index in [1.807, 2.05) is 23.5 Å². The fourth-order valence-corrected chi connectivity index (χ4v) is 3.49. The van der Waals surface area contributed by atoms with Gasteiger partial charge in [0.1, 0.15) is 0 Å². The molecule has 1 N–H and O–H groups in total. The summed E-state index contributed by atoms with van der Waals surface area (Å²) in [5.74, 6) is 1.09. The number of rotatable bonds is 4. The summed E-state index contributed by atoms with van der Waals surface area (Å²) in [4.78, 5) is 9.87. The van der Waals surface area contributed by atoms with E-state index in [9.17, 15) is 0 Å². The first kappa shape index (κ1) is 12.7. The molecule has 0 saturated carbocycles. The van der Waals surface area contributed by atoms with Crippen molar-refractivity contribution in [1.29, 1.82) is 0 Å². The van der Waals surface area contributed by atoms with Crippen LogP contribution in [0.5, 0.6) is 0 Å². The first-order valence-electron chi connectivity index (χ1n) is 6.25. The van der Waals surface area contributed by atoms with Gasteiger partial charge in [-0.05, 0) is 12.0 Å². The SMILES string of the molecule is c1ccc(CC2CSC(=NCc3cncs3)N2)cc1. The van der Waals surface area contributed by atoms with Gasteiger partial charge < -0.3 is 5.32 Å². The first-order valence-corrected chi connectivity index (χ1v) is 8.12. The van der Waals surface area contributed by atoms with Crippen LogP contribution in [0.4, 0.5) is 0 Å². The van der Waals surface area contributed by atoms with Gasteiger partial charge >= 0.3 is 0 Å². The lowest BCUT2D eigenvalue weighted by Crippen LogP contribution is -2.28. The van der Waals surface area contributed by atoms with E-state index in [0.717, 1.165) is 23.9 Å². The maximum Gasteiger partial charge on any atom is 0.157 e. The Kier molecular flexibility index (Phi) is 4.15. The van der Waals surface area contributed by atoms with E-state index < -0.39 is 0 Å². The summed E-state index contributed by atoms with van der Waals surface area (Å²) in [5.41, 5.74) is 3.23. The Bertz CT molecular complexity index is 537. The quantitative estimate of drug-likeness (QED) is 0.940. The smallest absolute Gasteiger partial charge is 0.157 e. The molecule has 0 radical (unpaired) electrons. The van der Waals surface area contributed by atoms with Crippen LogP contribution >= 0.6 is 23.1 Å². The Labute approximate surface area is 121 Å². The molecule has 1 aliphatic heterocycles. The van der Waals surface area contributed by atoms with Crippen molar-refractivity contribution in [3.63, 3.8) is 0 Å². The minimum absolute atomic E-state index is 0.493. The Hall–Kier alpha value is -1.33. The molecule has 0 amide bonds. The molecular weight excluding hydrogens is 274 g/mol. The van der Waals surface area contributed by atoms with Crippen LogP contribution in [0.2, 0.25) is 0 Å². The van der Waals surface area contributed by atoms with Crippen LogP contribution < -0.4 is 5.32 Å². The maximum atomic E-state index is 4.60. The summed E-state index contributed by atoms with van der Waals surface area (Å²) in [6.45, 7) is 0.734. The Morgan fingerprint density at radius 1 is 1.32 bits per heavy atom. The van der Waals surface area contributed by atoms with E-state index in [1.54, 1.807) is 11.3 Å². The zero-order valence-electron chi connectivity index (χ0n) is 10.5. The predicted molar refractivity (Wildman–Crippen MR) is 82.8 cm³/mol. The van der Waals surface area contributed by atoms with E-state index in [1.165, 1.54) is 10.4 Å². The van der Waals surface area contributed by atoms with E-state index in [4.69, 9.17) is 0 Å². The molecule has 1 fully saturated rings. The van der Waals surface area contributed by atoms with Crippen LogP contribution in [0.25, 0.3) is 0 Å². The van der Waals surface area contributed by atoms with E-state index in [2.05, 4.69) is 45.6 Å². The van der Waals surface area contributed by atoms with Crippen molar-refractivity contribution in [2.75, 3.05) is 5.75 Å². The number of hydrogen-bond donors (Lipinski definition) is 1. The molecule has 1 unspecified atom stereocenters. The standard InChI is InChI=1S/C14H15N3S2/c1-2-4-11(5-3-1)6-12-9-18-14(17-12)16-8-13-7-15-10-19-13/h1-5,7,10,12H,6,8-9H2,(H,16,17). The van der Waals surface area contributed by atoms with Gasteiger partial charge in [-0.25, -0.2) is 0 Å². The minimum atomic E-state index is 0.493. The van der Waals surface area contributed by atoms with Crippen LogP contribution in [0.1, 0.15) is 10.4 Å². The van der Waals surface area contributed by atoms with Crippen molar-refractivity contribution in [2.24, 2.45) is 4.99 Å². The number of thioether (sulfide) groups is 1. The van der Waals surface area contributed by atoms with Crippen LogP contribution in [0, 0.1) is 0 Å². The number of nitrogens with one attached hydrogen (secondary N) is 1. The molecule has 1 aromatic carbocycles. The molecule has 98 valence electrons. The van der Waals surface area contributed by atoms with Crippen LogP contribution in [0.15, 0.2) is 47.0 Å². The van der Waals surface area contributed by atoms with Crippen molar-refractivity contribution in [3.8, 4) is 0 Å². The van der Waals surface area contributed by atoms with E-state index in [0.29, 0.717) is 6.04 Å². The average Bonchev–Trinajstić information content (AvgIpc) is 3.09. The fourth-order valence-electron chi connectivity index (χ4n) is 2.01. The molecule has 19 heavy (non-hydrogen) atoms. The third-order valence-electron chi connectivity index (χ3n) is 2.94. The van der Waals surface area contributed by atoms with Crippen molar-refractivity contribution >= 4 is 28.3 Å². The largest absolute Gasteiger partial charge is 0.361 e. The van der Waals surface area contributed by atoms with Crippen molar-refractivity contribution in [2.45, 2.75) is 19.0 Å². The van der Waals surface area contributed by atoms with Gasteiger partial charge in [0.05, 0.1) is 12.1 Å². The van der Waals surface area contributed by atoms with Gasteiger partial charge in [-0.15, -0.1) is 11.3 Å². The summed E-state index contributed by atoms with van der Waals surface area (Å²) in [5, 5.41) is 4.56. The van der Waals surface area contributed by atoms with E-state index in [-0.39, 0.29) is 0 Å². The molecule has 0 bridgehead atoms. The van der Waals surface area contributed by atoms with Crippen molar-refractivity contribution in [3.05, 3.63) is 52.5 Å². The molecule has 1 atom stereocenters. The third-order valence-corrected chi connectivity index (χ3v) is 4.79. The van der Waals surface area contributed by atoms with Gasteiger partial charge in [0, 0.05) is 22.9 Å². The van der Waals surface area contributed by atoms with Crippen LogP contribution in [-0.4, -0.2) is 21.9 Å². The Balaban J connectivity index is 1.54. The Morgan fingerprint density at radius 3 is 3.00 bits per heavy atom. The highest BCUT2D eigenvalue weighted by molar-refractivity contribution is 8.14.